The molecule has 0 atom stereocenters. The minimum absolute atomic E-state index is 0.0380. The first kappa shape index (κ1) is 23.7. The number of fused-ring (bicyclic) bond motifs is 1. The van der Waals surface area contributed by atoms with Crippen molar-refractivity contribution < 1.29 is 35.2 Å². The molecule has 34 heavy (non-hydrogen) atoms. The fourth-order valence-electron chi connectivity index (χ4n) is 3.45. The van der Waals surface area contributed by atoms with E-state index in [4.69, 9.17) is 4.74 Å². The summed E-state index contributed by atoms with van der Waals surface area (Å²) in [5.41, 5.74) is 1.85. The molecule has 0 saturated heterocycles. The van der Waals surface area contributed by atoms with Crippen LogP contribution < -0.4 is 9.46 Å². The normalized spacial score (nSPS) is 12.4. The van der Waals surface area contributed by atoms with E-state index in [0.717, 1.165) is 23.1 Å². The first-order valence-corrected chi connectivity index (χ1v) is 11.3. The van der Waals surface area contributed by atoms with Crippen molar-refractivity contribution in [1.82, 2.24) is 19.4 Å². The number of rotatable bonds is 7. The topological polar surface area (TPSA) is 99.2 Å². The lowest BCUT2D eigenvalue weighted by Gasteiger charge is -2.10. The lowest BCUT2D eigenvalue weighted by Crippen LogP contribution is -2.28. The first-order chi connectivity index (χ1) is 16.0. The van der Waals surface area contributed by atoms with Crippen molar-refractivity contribution in [3.63, 3.8) is 0 Å². The molecule has 2 aromatic carbocycles. The number of nitrogens with one attached hydrogen (secondary N) is 1. The van der Waals surface area contributed by atoms with Gasteiger partial charge in [-0.1, -0.05) is 5.16 Å². The Bertz CT molecular complexity index is 1460. The third kappa shape index (κ3) is 4.61. The maximum Gasteiger partial charge on any atom is 0.471 e. The zero-order valence-electron chi connectivity index (χ0n) is 17.9. The summed E-state index contributed by atoms with van der Waals surface area (Å²) in [7, 11) is -2.79. The highest BCUT2D eigenvalue weighted by atomic mass is 32.2. The van der Waals surface area contributed by atoms with Crippen LogP contribution in [0, 0.1) is 12.7 Å². The molecule has 0 fully saturated rings. The van der Waals surface area contributed by atoms with E-state index >= 15 is 0 Å². The second-order valence-electron chi connectivity index (χ2n) is 7.35. The molecule has 2 aromatic heterocycles. The predicted octanol–water partition coefficient (Wildman–Crippen LogP) is 4.14. The summed E-state index contributed by atoms with van der Waals surface area (Å²) in [4.78, 5) is 2.87. The maximum absolute atomic E-state index is 14.0. The smallest absolute Gasteiger partial charge is 0.471 e. The van der Waals surface area contributed by atoms with Crippen LogP contribution in [0.2, 0.25) is 0 Å². The molecule has 4 rings (SSSR count). The molecule has 2 heterocycles. The van der Waals surface area contributed by atoms with Crippen molar-refractivity contribution in [3.05, 3.63) is 59.9 Å². The lowest BCUT2D eigenvalue weighted by molar-refractivity contribution is -0.159. The van der Waals surface area contributed by atoms with Crippen LogP contribution in [-0.4, -0.2) is 36.8 Å². The van der Waals surface area contributed by atoms with Crippen LogP contribution in [-0.2, 0) is 22.7 Å². The molecule has 0 aliphatic heterocycles. The van der Waals surface area contributed by atoms with Gasteiger partial charge in [0.1, 0.15) is 16.5 Å². The zero-order valence-corrected chi connectivity index (χ0v) is 18.7. The molecule has 0 radical (unpaired) electrons. The highest BCUT2D eigenvalue weighted by molar-refractivity contribution is 7.89. The summed E-state index contributed by atoms with van der Waals surface area (Å²) < 4.78 is 90.7. The van der Waals surface area contributed by atoms with E-state index < -0.39 is 32.8 Å². The van der Waals surface area contributed by atoms with E-state index in [1.54, 1.807) is 35.9 Å². The molecule has 0 aliphatic carbocycles. The predicted molar refractivity (Wildman–Crippen MR) is 113 cm³/mol. The molecular formula is C21H18F4N4O4S. The van der Waals surface area contributed by atoms with Crippen molar-refractivity contribution in [3.8, 4) is 17.1 Å². The minimum Gasteiger partial charge on any atom is -0.497 e. The fourth-order valence-corrected chi connectivity index (χ4v) is 4.56. The Balaban J connectivity index is 1.53. The van der Waals surface area contributed by atoms with E-state index in [1.807, 2.05) is 0 Å². The van der Waals surface area contributed by atoms with Crippen LogP contribution in [0.4, 0.5) is 17.6 Å². The molecule has 0 spiro atoms. The molecule has 0 amide bonds. The number of hydrogen-bond acceptors (Lipinski definition) is 6. The molecule has 13 heteroatoms. The third-order valence-corrected chi connectivity index (χ3v) is 6.56. The second kappa shape index (κ2) is 8.72. The number of aromatic nitrogens is 3. The number of methoxy groups -OCH3 is 1. The number of alkyl halides is 3. The molecule has 1 N–H and O–H groups in total. The number of hydrogen-bond donors (Lipinski definition) is 1. The zero-order chi connectivity index (χ0) is 24.7. The standard InChI is InChI=1S/C21H18F4N4O4S/c1-12-11-29(8-7-26-34(30,31)18-10-14(32-2)4-5-16(18)22)17-6-3-13(9-15(12)17)19-27-20(33-28-19)21(23,24)25/h3-6,9-11,26H,7-8H2,1-2H3. The second-order valence-corrected chi connectivity index (χ2v) is 9.09. The summed E-state index contributed by atoms with van der Waals surface area (Å²) in [6, 6.07) is 8.25. The van der Waals surface area contributed by atoms with Crippen molar-refractivity contribution >= 4 is 20.9 Å². The molecule has 0 bridgehead atoms. The quantitative estimate of drug-likeness (QED) is 0.385. The maximum atomic E-state index is 14.0. The van der Waals surface area contributed by atoms with Gasteiger partial charge in [-0.05, 0) is 42.8 Å². The highest BCUT2D eigenvalue weighted by Crippen LogP contribution is 2.31. The van der Waals surface area contributed by atoms with Gasteiger partial charge in [-0.15, -0.1) is 0 Å². The Labute approximate surface area is 191 Å². The lowest BCUT2D eigenvalue weighted by atomic mass is 10.1. The Morgan fingerprint density at radius 3 is 2.62 bits per heavy atom. The molecular weight excluding hydrogens is 480 g/mol. The van der Waals surface area contributed by atoms with Crippen LogP contribution >= 0.6 is 0 Å². The molecule has 4 aromatic rings. The number of halogens is 4. The van der Waals surface area contributed by atoms with Gasteiger partial charge in [0.15, 0.2) is 0 Å². The summed E-state index contributed by atoms with van der Waals surface area (Å²) in [5, 5.41) is 4.11. The summed E-state index contributed by atoms with van der Waals surface area (Å²) in [6.07, 6.45) is -2.97. The van der Waals surface area contributed by atoms with Gasteiger partial charge in [0.05, 0.1) is 7.11 Å². The fraction of sp³-hybridized carbons (Fsp3) is 0.238. The Hall–Kier alpha value is -3.45. The Morgan fingerprint density at radius 1 is 1.18 bits per heavy atom. The summed E-state index contributed by atoms with van der Waals surface area (Å²) in [5.74, 6) is -2.34. The van der Waals surface area contributed by atoms with Crippen LogP contribution in [0.1, 0.15) is 11.5 Å². The Kier molecular flexibility index (Phi) is 6.08. The molecule has 0 saturated carbocycles. The number of benzene rings is 2. The average molecular weight is 498 g/mol. The van der Waals surface area contributed by atoms with Gasteiger partial charge in [0.25, 0.3) is 0 Å². The molecule has 8 nitrogen and oxygen atoms in total. The molecule has 0 aliphatic rings. The number of nitrogens with zero attached hydrogens (tertiary/aromatic N) is 3. The summed E-state index contributed by atoms with van der Waals surface area (Å²) in [6.45, 7) is 1.98. The summed E-state index contributed by atoms with van der Waals surface area (Å²) >= 11 is 0. The van der Waals surface area contributed by atoms with Gasteiger partial charge >= 0.3 is 12.1 Å². The number of ether oxygens (including phenoxy) is 1. The largest absolute Gasteiger partial charge is 0.497 e. The average Bonchev–Trinajstić information content (AvgIpc) is 3.39. The van der Waals surface area contributed by atoms with Crippen molar-refractivity contribution in [2.45, 2.75) is 24.5 Å². The highest BCUT2D eigenvalue weighted by Gasteiger charge is 2.38. The van der Waals surface area contributed by atoms with E-state index in [-0.39, 0.29) is 24.7 Å². The van der Waals surface area contributed by atoms with Crippen LogP contribution in [0.15, 0.2) is 52.0 Å². The minimum atomic E-state index is -4.74. The van der Waals surface area contributed by atoms with E-state index in [9.17, 15) is 26.0 Å². The van der Waals surface area contributed by atoms with Crippen LogP contribution in [0.5, 0.6) is 5.75 Å². The van der Waals surface area contributed by atoms with Crippen molar-refractivity contribution in [1.29, 1.82) is 0 Å². The van der Waals surface area contributed by atoms with Gasteiger partial charge < -0.3 is 13.8 Å². The van der Waals surface area contributed by atoms with E-state index in [1.165, 1.54) is 13.2 Å². The molecule has 180 valence electrons. The van der Waals surface area contributed by atoms with Crippen molar-refractivity contribution in [2.24, 2.45) is 0 Å². The molecule has 0 unspecified atom stereocenters. The van der Waals surface area contributed by atoms with Crippen LogP contribution in [0.3, 0.4) is 0 Å². The van der Waals surface area contributed by atoms with Gasteiger partial charge in [-0.25, -0.2) is 17.5 Å². The first-order valence-electron chi connectivity index (χ1n) is 9.83. The monoisotopic (exact) mass is 498 g/mol. The number of sulfonamides is 1. The van der Waals surface area contributed by atoms with Crippen LogP contribution in [0.25, 0.3) is 22.3 Å². The van der Waals surface area contributed by atoms with E-state index in [0.29, 0.717) is 11.1 Å². The number of aryl methyl sites for hydroxylation is 1. The van der Waals surface area contributed by atoms with E-state index in [2.05, 4.69) is 19.4 Å². The SMILES string of the molecule is COc1ccc(F)c(S(=O)(=O)NCCn2cc(C)c3cc(-c4noc(C(F)(F)F)n4)ccc32)c1. The van der Waals surface area contributed by atoms with Crippen molar-refractivity contribution in [2.75, 3.05) is 13.7 Å². The van der Waals surface area contributed by atoms with Gasteiger partial charge in [-0.3, -0.25) is 0 Å². The van der Waals surface area contributed by atoms with Gasteiger partial charge in [0.2, 0.25) is 15.8 Å². The Morgan fingerprint density at radius 2 is 1.94 bits per heavy atom. The van der Waals surface area contributed by atoms with Gasteiger partial charge in [0, 0.05) is 41.8 Å². The third-order valence-electron chi connectivity index (χ3n) is 5.08. The van der Waals surface area contributed by atoms with Gasteiger partial charge in [-0.2, -0.15) is 18.2 Å².